The third-order valence-electron chi connectivity index (χ3n) is 8.25. The molecule has 0 unspecified atom stereocenters. The Bertz CT molecular complexity index is 1360. The van der Waals surface area contributed by atoms with Crippen molar-refractivity contribution in [1.29, 1.82) is 0 Å². The number of aliphatic hydroxyl groups excluding tert-OH is 1. The minimum absolute atomic E-state index is 0.230. The normalized spacial score (nSPS) is 21.6. The number of anilines is 1. The molecule has 0 amide bonds. The van der Waals surface area contributed by atoms with E-state index in [9.17, 15) is 13.5 Å². The van der Waals surface area contributed by atoms with Gasteiger partial charge in [-0.25, -0.2) is 13.4 Å². The van der Waals surface area contributed by atoms with Crippen molar-refractivity contribution in [1.82, 2.24) is 23.7 Å². The zero-order chi connectivity index (χ0) is 27.6. The number of nitrogens with zero attached hydrogens (tertiary/aromatic N) is 5. The van der Waals surface area contributed by atoms with Gasteiger partial charge in [-0.3, -0.25) is 4.90 Å². The van der Waals surface area contributed by atoms with Crippen LogP contribution in [-0.2, 0) is 10.0 Å². The molecule has 3 heterocycles. The molecule has 2 fully saturated rings. The SMILES string of the molecule is CCCCNc1ncc2c(-c3ccc(S(=O)(=O)N4CCN(C(C)C)CC4)cc3)cn(C3CCC(O)CC3)c2n1. The van der Waals surface area contributed by atoms with E-state index in [2.05, 4.69) is 46.7 Å². The van der Waals surface area contributed by atoms with Crippen LogP contribution in [0.5, 0.6) is 0 Å². The zero-order valence-electron chi connectivity index (χ0n) is 23.4. The highest BCUT2D eigenvalue weighted by molar-refractivity contribution is 7.89. The predicted molar refractivity (Wildman–Crippen MR) is 155 cm³/mol. The number of unbranched alkanes of at least 4 members (excludes halogenated alkanes) is 1. The first-order valence-corrected chi connectivity index (χ1v) is 15.9. The van der Waals surface area contributed by atoms with Gasteiger partial charge < -0.3 is 15.0 Å². The van der Waals surface area contributed by atoms with E-state index in [1.165, 1.54) is 0 Å². The van der Waals surface area contributed by atoms with E-state index >= 15 is 0 Å². The number of benzene rings is 1. The van der Waals surface area contributed by atoms with Gasteiger partial charge in [-0.2, -0.15) is 9.29 Å². The fourth-order valence-corrected chi connectivity index (χ4v) is 7.17. The first kappa shape index (κ1) is 28.0. The topological polar surface area (TPSA) is 104 Å². The van der Waals surface area contributed by atoms with Crippen LogP contribution in [0.15, 0.2) is 41.6 Å². The van der Waals surface area contributed by atoms with Crippen molar-refractivity contribution in [2.45, 2.75) is 82.4 Å². The zero-order valence-corrected chi connectivity index (χ0v) is 24.2. The van der Waals surface area contributed by atoms with Gasteiger partial charge in [0.15, 0.2) is 0 Å². The molecule has 0 bridgehead atoms. The average molecular weight is 555 g/mol. The van der Waals surface area contributed by atoms with Crippen LogP contribution in [0.2, 0.25) is 0 Å². The van der Waals surface area contributed by atoms with Crippen molar-refractivity contribution >= 4 is 27.0 Å². The number of piperazine rings is 1. The summed E-state index contributed by atoms with van der Waals surface area (Å²) in [7, 11) is -3.54. The summed E-state index contributed by atoms with van der Waals surface area (Å²) >= 11 is 0. The maximum absolute atomic E-state index is 13.4. The van der Waals surface area contributed by atoms with Crippen molar-refractivity contribution < 1.29 is 13.5 Å². The van der Waals surface area contributed by atoms with Gasteiger partial charge in [0.2, 0.25) is 16.0 Å². The van der Waals surface area contributed by atoms with Crippen molar-refractivity contribution in [3.05, 3.63) is 36.7 Å². The van der Waals surface area contributed by atoms with Gasteiger partial charge in [-0.15, -0.1) is 0 Å². The molecule has 9 nitrogen and oxygen atoms in total. The molecule has 1 saturated heterocycles. The molecule has 3 aromatic rings. The molecule has 2 N–H and O–H groups in total. The third-order valence-corrected chi connectivity index (χ3v) is 10.2. The van der Waals surface area contributed by atoms with Gasteiger partial charge in [0.25, 0.3) is 0 Å². The van der Waals surface area contributed by atoms with Crippen LogP contribution in [-0.4, -0.2) is 82.1 Å². The van der Waals surface area contributed by atoms with Crippen molar-refractivity contribution in [2.75, 3.05) is 38.0 Å². The van der Waals surface area contributed by atoms with Crippen molar-refractivity contribution in [2.24, 2.45) is 0 Å². The third kappa shape index (κ3) is 5.99. The van der Waals surface area contributed by atoms with Crippen LogP contribution < -0.4 is 5.32 Å². The molecule has 1 aromatic carbocycles. The second-order valence-electron chi connectivity index (χ2n) is 11.2. The van der Waals surface area contributed by atoms with E-state index in [-0.39, 0.29) is 12.1 Å². The van der Waals surface area contributed by atoms with Crippen LogP contribution in [0, 0.1) is 0 Å². The molecular formula is C29H42N6O3S. The number of hydrogen-bond donors (Lipinski definition) is 2. The van der Waals surface area contributed by atoms with Crippen LogP contribution in [0.4, 0.5) is 5.95 Å². The second kappa shape index (κ2) is 11.9. The first-order chi connectivity index (χ1) is 18.8. The highest BCUT2D eigenvalue weighted by Crippen LogP contribution is 2.37. The summed E-state index contributed by atoms with van der Waals surface area (Å²) in [6.45, 7) is 9.80. The quantitative estimate of drug-likeness (QED) is 0.375. The highest BCUT2D eigenvalue weighted by atomic mass is 32.2. The standard InChI is InChI=1S/C29H42N6O3S/c1-4-5-14-30-29-31-19-26-27(20-35(28(26)32-29)23-8-10-24(36)11-9-23)22-6-12-25(13-7-22)39(37,38)34-17-15-33(16-18-34)21(2)3/h6-7,12-13,19-21,23-24,36H,4-5,8-11,14-18H2,1-3H3,(H,30,31,32). The summed E-state index contributed by atoms with van der Waals surface area (Å²) in [6, 6.07) is 7.92. The van der Waals surface area contributed by atoms with Gasteiger partial charge in [0, 0.05) is 68.2 Å². The van der Waals surface area contributed by atoms with Crippen LogP contribution >= 0.6 is 0 Å². The van der Waals surface area contributed by atoms with Crippen LogP contribution in [0.1, 0.15) is 65.3 Å². The van der Waals surface area contributed by atoms with E-state index in [0.29, 0.717) is 30.0 Å². The molecule has 0 radical (unpaired) electrons. The lowest BCUT2D eigenvalue weighted by molar-refractivity contribution is 0.111. The number of sulfonamides is 1. The predicted octanol–water partition coefficient (Wildman–Crippen LogP) is 4.50. The highest BCUT2D eigenvalue weighted by Gasteiger charge is 2.29. The fraction of sp³-hybridized carbons (Fsp3) is 0.586. The molecular weight excluding hydrogens is 512 g/mol. The molecule has 1 aliphatic carbocycles. The number of fused-ring (bicyclic) bond motifs is 1. The lowest BCUT2D eigenvalue weighted by Gasteiger charge is -2.36. The first-order valence-electron chi connectivity index (χ1n) is 14.4. The molecule has 1 aliphatic heterocycles. The van der Waals surface area contributed by atoms with Gasteiger partial charge in [0.05, 0.1) is 11.0 Å². The monoisotopic (exact) mass is 554 g/mol. The van der Waals surface area contributed by atoms with Crippen molar-refractivity contribution in [3.63, 3.8) is 0 Å². The molecule has 1 saturated carbocycles. The maximum Gasteiger partial charge on any atom is 0.243 e. The fourth-order valence-electron chi connectivity index (χ4n) is 5.75. The molecule has 39 heavy (non-hydrogen) atoms. The summed E-state index contributed by atoms with van der Waals surface area (Å²) in [5, 5.41) is 14.3. The van der Waals surface area contributed by atoms with Gasteiger partial charge >= 0.3 is 0 Å². The average Bonchev–Trinajstić information content (AvgIpc) is 3.32. The van der Waals surface area contributed by atoms with Gasteiger partial charge in [0.1, 0.15) is 5.65 Å². The van der Waals surface area contributed by atoms with Gasteiger partial charge in [-0.05, 0) is 63.6 Å². The van der Waals surface area contributed by atoms with Crippen LogP contribution in [0.25, 0.3) is 22.2 Å². The van der Waals surface area contributed by atoms with E-state index < -0.39 is 10.0 Å². The molecule has 2 aliphatic rings. The molecule has 212 valence electrons. The number of rotatable bonds is 9. The largest absolute Gasteiger partial charge is 0.393 e. The summed E-state index contributed by atoms with van der Waals surface area (Å²) in [6.07, 6.45) is 9.28. The Morgan fingerprint density at radius 2 is 1.74 bits per heavy atom. The Kier molecular flexibility index (Phi) is 8.56. The van der Waals surface area contributed by atoms with E-state index in [0.717, 1.165) is 80.3 Å². The summed E-state index contributed by atoms with van der Waals surface area (Å²) in [4.78, 5) is 12.1. The smallest absolute Gasteiger partial charge is 0.243 e. The Hall–Kier alpha value is -2.53. The lowest BCUT2D eigenvalue weighted by Crippen LogP contribution is -2.50. The van der Waals surface area contributed by atoms with Crippen LogP contribution in [0.3, 0.4) is 0 Å². The number of aromatic nitrogens is 3. The Morgan fingerprint density at radius 1 is 1.05 bits per heavy atom. The van der Waals surface area contributed by atoms with Crippen molar-refractivity contribution in [3.8, 4) is 11.1 Å². The Balaban J connectivity index is 1.43. The summed E-state index contributed by atoms with van der Waals surface area (Å²) in [5.74, 6) is 0.622. The number of hydrogen-bond acceptors (Lipinski definition) is 7. The second-order valence-corrected chi connectivity index (χ2v) is 13.1. The maximum atomic E-state index is 13.4. The summed E-state index contributed by atoms with van der Waals surface area (Å²) < 4.78 is 30.6. The molecule has 5 rings (SSSR count). The van der Waals surface area contributed by atoms with Gasteiger partial charge in [-0.1, -0.05) is 25.5 Å². The number of nitrogens with one attached hydrogen (secondary N) is 1. The van der Waals surface area contributed by atoms with E-state index in [1.807, 2.05) is 18.3 Å². The Labute approximate surface area is 232 Å². The minimum atomic E-state index is -3.54. The molecule has 2 aromatic heterocycles. The van der Waals surface area contributed by atoms with E-state index in [1.54, 1.807) is 16.4 Å². The molecule has 0 atom stereocenters. The lowest BCUT2D eigenvalue weighted by atomic mass is 9.93. The minimum Gasteiger partial charge on any atom is -0.393 e. The molecule has 0 spiro atoms. The molecule has 10 heteroatoms. The summed E-state index contributed by atoms with van der Waals surface area (Å²) in [5.41, 5.74) is 2.80. The Morgan fingerprint density at radius 3 is 2.38 bits per heavy atom. The number of aliphatic hydroxyl groups is 1. The van der Waals surface area contributed by atoms with E-state index in [4.69, 9.17) is 4.98 Å².